The molecule has 2 aliphatic rings. The van der Waals surface area contributed by atoms with E-state index in [1.807, 2.05) is 0 Å². The van der Waals surface area contributed by atoms with Gasteiger partial charge in [-0.25, -0.2) is 0 Å². The van der Waals surface area contributed by atoms with Gasteiger partial charge < -0.3 is 10.0 Å². The molecule has 17 heavy (non-hydrogen) atoms. The fraction of sp³-hybridized carbons (Fsp3) is 0.923. The molecule has 1 atom stereocenters. The highest BCUT2D eigenvalue weighted by molar-refractivity contribution is 5.70. The monoisotopic (exact) mass is 240 g/mol. The van der Waals surface area contributed by atoms with Crippen molar-refractivity contribution in [2.24, 2.45) is 5.92 Å². The van der Waals surface area contributed by atoms with Crippen LogP contribution in [0.25, 0.3) is 0 Å². The van der Waals surface area contributed by atoms with Crippen molar-refractivity contribution in [3.05, 3.63) is 0 Å². The van der Waals surface area contributed by atoms with Crippen LogP contribution in [0.4, 0.5) is 0 Å². The molecule has 2 rings (SSSR count). The fourth-order valence-electron chi connectivity index (χ4n) is 3.18. The first-order valence-electron chi connectivity index (χ1n) is 6.90. The molecule has 0 aromatic heterocycles. The normalized spacial score (nSPS) is 28.6. The van der Waals surface area contributed by atoms with Crippen LogP contribution < -0.4 is 0 Å². The average molecular weight is 240 g/mol. The molecule has 0 bridgehead atoms. The summed E-state index contributed by atoms with van der Waals surface area (Å²) < 4.78 is 0. The van der Waals surface area contributed by atoms with Crippen molar-refractivity contribution in [1.82, 2.24) is 9.80 Å². The zero-order chi connectivity index (χ0) is 12.3. The van der Waals surface area contributed by atoms with E-state index in [1.165, 1.54) is 19.4 Å². The molecule has 0 spiro atoms. The predicted molar refractivity (Wildman–Crippen MR) is 67.1 cm³/mol. The van der Waals surface area contributed by atoms with Crippen molar-refractivity contribution < 1.29 is 9.90 Å². The molecule has 0 aromatic rings. The van der Waals surface area contributed by atoms with Crippen LogP contribution in [0.3, 0.4) is 0 Å². The van der Waals surface area contributed by atoms with Crippen LogP contribution in [-0.2, 0) is 4.79 Å². The molecule has 2 fully saturated rings. The molecule has 0 aromatic carbocycles. The van der Waals surface area contributed by atoms with E-state index in [4.69, 9.17) is 5.11 Å². The van der Waals surface area contributed by atoms with E-state index in [0.29, 0.717) is 6.04 Å². The smallest absolute Gasteiger partial charge is 0.306 e. The van der Waals surface area contributed by atoms with Gasteiger partial charge in [0.05, 0.1) is 5.92 Å². The van der Waals surface area contributed by atoms with Gasteiger partial charge in [-0.15, -0.1) is 0 Å². The number of hydrogen-bond acceptors (Lipinski definition) is 3. The van der Waals surface area contributed by atoms with Gasteiger partial charge in [0.1, 0.15) is 0 Å². The van der Waals surface area contributed by atoms with Gasteiger partial charge in [0, 0.05) is 12.6 Å². The zero-order valence-electron chi connectivity index (χ0n) is 10.8. The van der Waals surface area contributed by atoms with Gasteiger partial charge in [-0.2, -0.15) is 0 Å². The number of likely N-dealkylation sites (tertiary alicyclic amines) is 2. The third-order valence-corrected chi connectivity index (χ3v) is 4.31. The molecule has 98 valence electrons. The Morgan fingerprint density at radius 1 is 1.24 bits per heavy atom. The number of piperidine rings is 1. The number of rotatable bonds is 4. The summed E-state index contributed by atoms with van der Waals surface area (Å²) in [5.74, 6) is -0.710. The van der Waals surface area contributed by atoms with Crippen LogP contribution in [0, 0.1) is 5.92 Å². The maximum Gasteiger partial charge on any atom is 0.306 e. The highest BCUT2D eigenvalue weighted by Gasteiger charge is 2.29. The number of hydrogen-bond donors (Lipinski definition) is 1. The summed E-state index contributed by atoms with van der Waals surface area (Å²) in [6.45, 7) is 7.69. The summed E-state index contributed by atoms with van der Waals surface area (Å²) in [5, 5.41) is 8.96. The summed E-state index contributed by atoms with van der Waals surface area (Å²) in [5.41, 5.74) is 0. The van der Waals surface area contributed by atoms with Crippen LogP contribution in [-0.4, -0.2) is 59.6 Å². The van der Waals surface area contributed by atoms with Crippen LogP contribution in [0.5, 0.6) is 0 Å². The second-order valence-electron chi connectivity index (χ2n) is 5.34. The molecule has 1 N–H and O–H groups in total. The van der Waals surface area contributed by atoms with Crippen molar-refractivity contribution in [3.63, 3.8) is 0 Å². The summed E-state index contributed by atoms with van der Waals surface area (Å²) in [7, 11) is 0. The molecular formula is C13H24N2O2. The number of nitrogens with zero attached hydrogens (tertiary/aromatic N) is 2. The first-order valence-corrected chi connectivity index (χ1v) is 6.90. The van der Waals surface area contributed by atoms with Crippen molar-refractivity contribution in [2.45, 2.75) is 38.6 Å². The molecular weight excluding hydrogens is 216 g/mol. The Morgan fingerprint density at radius 2 is 1.94 bits per heavy atom. The second kappa shape index (κ2) is 5.83. The summed E-state index contributed by atoms with van der Waals surface area (Å²) in [6.07, 6.45) is 4.29. The van der Waals surface area contributed by atoms with Crippen molar-refractivity contribution in [2.75, 3.05) is 32.7 Å². The van der Waals surface area contributed by atoms with Crippen LogP contribution in [0.15, 0.2) is 0 Å². The standard InChI is InChI=1S/C13H24N2O2/c1-2-15-7-3-4-12(15)10-14-8-5-11(6-9-14)13(16)17/h11-12H,2-10H2,1H3,(H,16,17). The Bertz CT molecular complexity index is 262. The third kappa shape index (κ3) is 3.19. The Kier molecular flexibility index (Phi) is 4.40. The number of carboxylic acid groups (broad SMARTS) is 1. The highest BCUT2D eigenvalue weighted by atomic mass is 16.4. The van der Waals surface area contributed by atoms with E-state index in [-0.39, 0.29) is 5.92 Å². The molecule has 2 saturated heterocycles. The number of aliphatic carboxylic acids is 1. The Balaban J connectivity index is 1.76. The molecule has 1 unspecified atom stereocenters. The van der Waals surface area contributed by atoms with Gasteiger partial charge in [0.15, 0.2) is 0 Å². The van der Waals surface area contributed by atoms with E-state index in [0.717, 1.165) is 39.0 Å². The minimum absolute atomic E-state index is 0.0999. The van der Waals surface area contributed by atoms with Crippen molar-refractivity contribution >= 4 is 5.97 Å². The minimum atomic E-state index is -0.610. The van der Waals surface area contributed by atoms with E-state index in [2.05, 4.69) is 16.7 Å². The van der Waals surface area contributed by atoms with E-state index >= 15 is 0 Å². The van der Waals surface area contributed by atoms with E-state index < -0.39 is 5.97 Å². The SMILES string of the molecule is CCN1CCCC1CN1CCC(C(=O)O)CC1. The molecule has 0 saturated carbocycles. The average Bonchev–Trinajstić information content (AvgIpc) is 2.77. The molecule has 0 aliphatic carbocycles. The van der Waals surface area contributed by atoms with Crippen molar-refractivity contribution in [1.29, 1.82) is 0 Å². The third-order valence-electron chi connectivity index (χ3n) is 4.31. The number of carboxylic acids is 1. The number of carbonyl (C=O) groups is 1. The van der Waals surface area contributed by atoms with E-state index in [9.17, 15) is 4.79 Å². The lowest BCUT2D eigenvalue weighted by molar-refractivity contribution is -0.143. The van der Waals surface area contributed by atoms with Gasteiger partial charge in [0.2, 0.25) is 0 Å². The predicted octanol–water partition coefficient (Wildman–Crippen LogP) is 1.27. The fourth-order valence-corrected chi connectivity index (χ4v) is 3.18. The largest absolute Gasteiger partial charge is 0.481 e. The van der Waals surface area contributed by atoms with Gasteiger partial charge in [-0.05, 0) is 51.9 Å². The Hall–Kier alpha value is -0.610. The Morgan fingerprint density at radius 3 is 2.53 bits per heavy atom. The Labute approximate surface area is 104 Å². The first-order chi connectivity index (χ1) is 8.20. The topological polar surface area (TPSA) is 43.8 Å². The van der Waals surface area contributed by atoms with Crippen LogP contribution in [0.1, 0.15) is 32.6 Å². The second-order valence-corrected chi connectivity index (χ2v) is 5.34. The molecule has 4 nitrogen and oxygen atoms in total. The highest BCUT2D eigenvalue weighted by Crippen LogP contribution is 2.21. The molecule has 4 heteroatoms. The van der Waals surface area contributed by atoms with Crippen LogP contribution in [0.2, 0.25) is 0 Å². The lowest BCUT2D eigenvalue weighted by Gasteiger charge is -2.34. The van der Waals surface area contributed by atoms with Gasteiger partial charge >= 0.3 is 5.97 Å². The summed E-state index contributed by atoms with van der Waals surface area (Å²) in [4.78, 5) is 15.9. The summed E-state index contributed by atoms with van der Waals surface area (Å²) in [6, 6.07) is 0.710. The van der Waals surface area contributed by atoms with Crippen LogP contribution >= 0.6 is 0 Å². The lowest BCUT2D eigenvalue weighted by atomic mass is 9.96. The maximum absolute atomic E-state index is 10.9. The van der Waals surface area contributed by atoms with E-state index in [1.54, 1.807) is 0 Å². The zero-order valence-corrected chi connectivity index (χ0v) is 10.8. The van der Waals surface area contributed by atoms with Crippen molar-refractivity contribution in [3.8, 4) is 0 Å². The lowest BCUT2D eigenvalue weighted by Crippen LogP contribution is -2.44. The minimum Gasteiger partial charge on any atom is -0.481 e. The van der Waals surface area contributed by atoms with Gasteiger partial charge in [-0.3, -0.25) is 9.69 Å². The summed E-state index contributed by atoms with van der Waals surface area (Å²) >= 11 is 0. The van der Waals surface area contributed by atoms with Gasteiger partial charge in [0.25, 0.3) is 0 Å². The molecule has 0 radical (unpaired) electrons. The quantitative estimate of drug-likeness (QED) is 0.803. The maximum atomic E-state index is 10.9. The molecule has 0 amide bonds. The number of likely N-dealkylation sites (N-methyl/N-ethyl adjacent to an activating group) is 1. The molecule has 2 aliphatic heterocycles. The van der Waals surface area contributed by atoms with Gasteiger partial charge in [-0.1, -0.05) is 6.92 Å². The molecule has 2 heterocycles. The first kappa shape index (κ1) is 12.8.